The standard InChI is InChI=1S/C13H19NO3/c1-14(2)9-6-10-17-12-8-5-4-7-11(12)13(15)16-3/h4-5,7-8H,6,9-10H2,1-3H3/p+1. The molecule has 1 aromatic rings. The molecular weight excluding hydrogens is 218 g/mol. The molecule has 4 heteroatoms. The maximum absolute atomic E-state index is 11.5. The quantitative estimate of drug-likeness (QED) is 0.575. The minimum absolute atomic E-state index is 0.362. The summed E-state index contributed by atoms with van der Waals surface area (Å²) in [6.45, 7) is 1.65. The highest BCUT2D eigenvalue weighted by atomic mass is 16.5. The van der Waals surface area contributed by atoms with Crippen LogP contribution < -0.4 is 9.64 Å². The lowest BCUT2D eigenvalue weighted by atomic mass is 10.2. The number of methoxy groups -OCH3 is 1. The summed E-state index contributed by atoms with van der Waals surface area (Å²) in [7, 11) is 5.57. The van der Waals surface area contributed by atoms with E-state index < -0.39 is 0 Å². The van der Waals surface area contributed by atoms with Crippen LogP contribution in [-0.2, 0) is 4.74 Å². The van der Waals surface area contributed by atoms with Crippen molar-refractivity contribution in [3.63, 3.8) is 0 Å². The van der Waals surface area contributed by atoms with Crippen LogP contribution in [0.15, 0.2) is 24.3 Å². The van der Waals surface area contributed by atoms with Crippen molar-refractivity contribution in [3.8, 4) is 5.75 Å². The fourth-order valence-corrected chi connectivity index (χ4v) is 1.48. The van der Waals surface area contributed by atoms with Gasteiger partial charge in [0.15, 0.2) is 0 Å². The van der Waals surface area contributed by atoms with E-state index in [0.717, 1.165) is 13.0 Å². The summed E-state index contributed by atoms with van der Waals surface area (Å²) in [6.07, 6.45) is 0.956. The zero-order valence-corrected chi connectivity index (χ0v) is 10.7. The van der Waals surface area contributed by atoms with Gasteiger partial charge in [0.2, 0.25) is 0 Å². The largest absolute Gasteiger partial charge is 0.492 e. The van der Waals surface area contributed by atoms with Gasteiger partial charge >= 0.3 is 5.97 Å². The first kappa shape index (κ1) is 13.5. The van der Waals surface area contributed by atoms with Crippen LogP contribution in [0.2, 0.25) is 0 Å². The van der Waals surface area contributed by atoms with Crippen LogP contribution in [0.3, 0.4) is 0 Å². The van der Waals surface area contributed by atoms with Gasteiger partial charge in [-0.15, -0.1) is 0 Å². The lowest BCUT2D eigenvalue weighted by molar-refractivity contribution is -0.858. The summed E-state index contributed by atoms with van der Waals surface area (Å²) in [5, 5.41) is 0. The number of para-hydroxylation sites is 1. The predicted octanol–water partition coefficient (Wildman–Crippen LogP) is 0.387. The normalized spacial score (nSPS) is 10.4. The van der Waals surface area contributed by atoms with Gasteiger partial charge < -0.3 is 14.4 Å². The summed E-state index contributed by atoms with van der Waals surface area (Å²) in [5.41, 5.74) is 0.479. The van der Waals surface area contributed by atoms with Crippen LogP contribution in [0, 0.1) is 0 Å². The van der Waals surface area contributed by atoms with E-state index in [4.69, 9.17) is 9.47 Å². The molecule has 0 unspecified atom stereocenters. The summed E-state index contributed by atoms with van der Waals surface area (Å²) < 4.78 is 10.3. The molecule has 0 aromatic heterocycles. The number of benzene rings is 1. The highest BCUT2D eigenvalue weighted by molar-refractivity contribution is 5.92. The molecule has 0 atom stereocenters. The molecule has 0 aliphatic carbocycles. The van der Waals surface area contributed by atoms with E-state index in [9.17, 15) is 4.79 Å². The van der Waals surface area contributed by atoms with Gasteiger partial charge in [-0.1, -0.05) is 12.1 Å². The number of ether oxygens (including phenoxy) is 2. The highest BCUT2D eigenvalue weighted by Crippen LogP contribution is 2.18. The van der Waals surface area contributed by atoms with Crippen molar-refractivity contribution in [1.29, 1.82) is 0 Å². The van der Waals surface area contributed by atoms with Crippen LogP contribution in [0.25, 0.3) is 0 Å². The first-order valence-corrected chi connectivity index (χ1v) is 5.74. The molecule has 0 spiro atoms. The van der Waals surface area contributed by atoms with Gasteiger partial charge in [-0.25, -0.2) is 4.79 Å². The molecule has 0 amide bonds. The van der Waals surface area contributed by atoms with Crippen molar-refractivity contribution < 1.29 is 19.2 Å². The topological polar surface area (TPSA) is 40.0 Å². The number of esters is 1. The molecule has 0 fully saturated rings. The third-order valence-electron chi connectivity index (χ3n) is 2.37. The molecular formula is C13H20NO3+. The molecule has 0 saturated heterocycles. The Morgan fingerprint density at radius 1 is 1.29 bits per heavy atom. The Bertz CT molecular complexity index is 363. The lowest BCUT2D eigenvalue weighted by Crippen LogP contribution is -3.05. The summed E-state index contributed by atoms with van der Waals surface area (Å²) in [4.78, 5) is 12.9. The number of nitrogens with one attached hydrogen (secondary N) is 1. The van der Waals surface area contributed by atoms with Gasteiger partial charge in [-0.3, -0.25) is 0 Å². The van der Waals surface area contributed by atoms with E-state index >= 15 is 0 Å². The van der Waals surface area contributed by atoms with Gasteiger partial charge in [0.05, 0.1) is 34.4 Å². The van der Waals surface area contributed by atoms with Crippen LogP contribution in [0.4, 0.5) is 0 Å². The number of carbonyl (C=O) groups excluding carboxylic acids is 1. The third-order valence-corrected chi connectivity index (χ3v) is 2.37. The Morgan fingerprint density at radius 3 is 2.65 bits per heavy atom. The Hall–Kier alpha value is -1.55. The highest BCUT2D eigenvalue weighted by Gasteiger charge is 2.11. The lowest BCUT2D eigenvalue weighted by Gasteiger charge is -2.11. The van der Waals surface area contributed by atoms with Gasteiger partial charge in [-0.05, 0) is 12.1 Å². The maximum Gasteiger partial charge on any atom is 0.341 e. The van der Waals surface area contributed by atoms with Crippen molar-refractivity contribution in [1.82, 2.24) is 0 Å². The summed E-state index contributed by atoms with van der Waals surface area (Å²) in [6, 6.07) is 7.13. The van der Waals surface area contributed by atoms with E-state index in [2.05, 4.69) is 14.1 Å². The van der Waals surface area contributed by atoms with Crippen LogP contribution in [0.1, 0.15) is 16.8 Å². The summed E-state index contributed by atoms with van der Waals surface area (Å²) in [5.74, 6) is 0.229. The van der Waals surface area contributed by atoms with Crippen molar-refractivity contribution >= 4 is 5.97 Å². The molecule has 4 nitrogen and oxygen atoms in total. The first-order chi connectivity index (χ1) is 8.15. The van der Waals surface area contributed by atoms with E-state index in [1.54, 1.807) is 18.2 Å². The molecule has 0 aliphatic rings. The zero-order valence-electron chi connectivity index (χ0n) is 10.7. The number of hydrogen-bond donors (Lipinski definition) is 1. The van der Waals surface area contributed by atoms with Gasteiger partial charge in [0.25, 0.3) is 0 Å². The minimum atomic E-state index is -0.362. The fraction of sp³-hybridized carbons (Fsp3) is 0.462. The Kier molecular flexibility index (Phi) is 5.49. The van der Waals surface area contributed by atoms with Crippen LogP contribution >= 0.6 is 0 Å². The zero-order chi connectivity index (χ0) is 12.7. The molecule has 1 aromatic carbocycles. The molecule has 17 heavy (non-hydrogen) atoms. The van der Waals surface area contributed by atoms with E-state index in [1.807, 2.05) is 6.07 Å². The van der Waals surface area contributed by atoms with Crippen molar-refractivity contribution in [2.75, 3.05) is 34.4 Å². The van der Waals surface area contributed by atoms with Gasteiger partial charge in [0, 0.05) is 6.42 Å². The number of carbonyl (C=O) groups is 1. The first-order valence-electron chi connectivity index (χ1n) is 5.74. The summed E-state index contributed by atoms with van der Waals surface area (Å²) >= 11 is 0. The van der Waals surface area contributed by atoms with E-state index in [-0.39, 0.29) is 5.97 Å². The molecule has 94 valence electrons. The molecule has 0 saturated carbocycles. The van der Waals surface area contributed by atoms with Crippen LogP contribution in [0.5, 0.6) is 5.75 Å². The van der Waals surface area contributed by atoms with Gasteiger partial charge in [0.1, 0.15) is 11.3 Å². The molecule has 0 heterocycles. The number of quaternary nitrogens is 1. The van der Waals surface area contributed by atoms with E-state index in [0.29, 0.717) is 17.9 Å². The monoisotopic (exact) mass is 238 g/mol. The van der Waals surface area contributed by atoms with Crippen molar-refractivity contribution in [3.05, 3.63) is 29.8 Å². The maximum atomic E-state index is 11.5. The van der Waals surface area contributed by atoms with Crippen LogP contribution in [-0.4, -0.2) is 40.3 Å². The third kappa shape index (κ3) is 4.44. The molecule has 1 rings (SSSR count). The molecule has 0 radical (unpaired) electrons. The smallest absolute Gasteiger partial charge is 0.341 e. The van der Waals surface area contributed by atoms with E-state index in [1.165, 1.54) is 12.0 Å². The van der Waals surface area contributed by atoms with Gasteiger partial charge in [-0.2, -0.15) is 0 Å². The predicted molar refractivity (Wildman–Crippen MR) is 65.6 cm³/mol. The fourth-order valence-electron chi connectivity index (χ4n) is 1.48. The minimum Gasteiger partial charge on any atom is -0.492 e. The Labute approximate surface area is 102 Å². The average Bonchev–Trinajstić information content (AvgIpc) is 2.34. The molecule has 0 aliphatic heterocycles. The second-order valence-corrected chi connectivity index (χ2v) is 4.15. The number of rotatable bonds is 6. The van der Waals surface area contributed by atoms with Crippen molar-refractivity contribution in [2.45, 2.75) is 6.42 Å². The number of hydrogen-bond acceptors (Lipinski definition) is 3. The molecule has 0 bridgehead atoms. The average molecular weight is 238 g/mol. The Morgan fingerprint density at radius 2 is 2.00 bits per heavy atom. The van der Waals surface area contributed by atoms with Crippen molar-refractivity contribution in [2.24, 2.45) is 0 Å². The Balaban J connectivity index is 2.55. The SMILES string of the molecule is COC(=O)c1ccccc1OCCC[NH+](C)C. The second kappa shape index (κ2) is 6.91. The molecule has 1 N–H and O–H groups in total. The second-order valence-electron chi connectivity index (χ2n) is 4.15.